The van der Waals surface area contributed by atoms with Gasteiger partial charge >= 0.3 is 6.18 Å². The van der Waals surface area contributed by atoms with Crippen LogP contribution in [-0.2, 0) is 28.6 Å². The first-order valence-electron chi connectivity index (χ1n) is 13.7. The normalized spacial score (nSPS) is 16.4. The minimum Gasteiger partial charge on any atom is -0.454 e. The number of hydrogen-bond acceptors (Lipinski definition) is 5. The molecule has 1 N–H and O–H groups in total. The number of carbonyl (C=O) groups is 2. The van der Waals surface area contributed by atoms with Crippen molar-refractivity contribution in [3.63, 3.8) is 0 Å². The number of halogens is 4. The number of likely N-dealkylation sites (tertiary alicyclic amines) is 1. The van der Waals surface area contributed by atoms with Crippen molar-refractivity contribution in [1.82, 2.24) is 9.88 Å². The molecule has 1 aromatic heterocycles. The molecule has 1 saturated heterocycles. The van der Waals surface area contributed by atoms with Gasteiger partial charge in [-0.25, -0.2) is 9.37 Å². The molecule has 6 nitrogen and oxygen atoms in total. The molecule has 0 unspecified atom stereocenters. The van der Waals surface area contributed by atoms with Crippen molar-refractivity contribution in [3.8, 4) is 11.5 Å². The number of Topliss-reactive ketones (excluding diaryl/α,β-unsaturated/α-hetero) is 1. The van der Waals surface area contributed by atoms with E-state index in [1.807, 2.05) is 7.05 Å². The minimum atomic E-state index is -4.52. The molecule has 3 aromatic rings. The highest BCUT2D eigenvalue weighted by Crippen LogP contribution is 2.39. The zero-order valence-corrected chi connectivity index (χ0v) is 22.6. The third-order valence-electron chi connectivity index (χ3n) is 7.54. The molecule has 2 aliphatic rings. The van der Waals surface area contributed by atoms with Gasteiger partial charge in [0.25, 0.3) is 0 Å². The summed E-state index contributed by atoms with van der Waals surface area (Å²) in [6.07, 6.45) is -0.402. The van der Waals surface area contributed by atoms with Crippen LogP contribution in [0, 0.1) is 11.7 Å². The number of ether oxygens (including phenoxy) is 1. The van der Waals surface area contributed by atoms with E-state index in [1.54, 1.807) is 6.07 Å². The SMILES string of the molecule is CN1CCC(c2ccc(CC(=O)Cc3ccc(Oc4ccnc(NC(=O)C5CC5)c4)c(F)c3)cc2C(F)(F)F)CC1. The predicted octanol–water partition coefficient (Wildman–Crippen LogP) is 6.54. The van der Waals surface area contributed by atoms with Crippen molar-refractivity contribution in [2.45, 2.75) is 50.6 Å². The minimum absolute atomic E-state index is 0.00389. The fraction of sp³-hybridized carbons (Fsp3) is 0.387. The molecular weight excluding hydrogens is 538 g/mol. The van der Waals surface area contributed by atoms with E-state index in [1.165, 1.54) is 42.6 Å². The van der Waals surface area contributed by atoms with Gasteiger partial charge in [-0.05, 0) is 92.7 Å². The van der Waals surface area contributed by atoms with E-state index in [4.69, 9.17) is 4.74 Å². The maximum Gasteiger partial charge on any atom is 0.416 e. The molecule has 1 aliphatic carbocycles. The summed E-state index contributed by atoms with van der Waals surface area (Å²) in [6.45, 7) is 1.48. The Kier molecular flexibility index (Phi) is 8.40. The molecule has 0 bridgehead atoms. The first-order chi connectivity index (χ1) is 19.5. The van der Waals surface area contributed by atoms with Crippen LogP contribution in [0.1, 0.15) is 53.9 Å². The Hall–Kier alpha value is -3.79. The molecule has 0 atom stereocenters. The van der Waals surface area contributed by atoms with Crippen LogP contribution < -0.4 is 10.1 Å². The lowest BCUT2D eigenvalue weighted by molar-refractivity contribution is -0.138. The Morgan fingerprint density at radius 1 is 0.976 bits per heavy atom. The third kappa shape index (κ3) is 7.49. The predicted molar refractivity (Wildman–Crippen MR) is 145 cm³/mol. The van der Waals surface area contributed by atoms with Crippen LogP contribution >= 0.6 is 0 Å². The Morgan fingerprint density at radius 2 is 1.66 bits per heavy atom. The number of nitrogens with zero attached hydrogens (tertiary/aromatic N) is 2. The van der Waals surface area contributed by atoms with E-state index >= 15 is 0 Å². The molecule has 10 heteroatoms. The lowest BCUT2D eigenvalue weighted by Gasteiger charge is -2.31. The van der Waals surface area contributed by atoms with E-state index in [0.717, 1.165) is 32.0 Å². The quantitative estimate of drug-likeness (QED) is 0.296. The number of aromatic nitrogens is 1. The number of amides is 1. The highest BCUT2D eigenvalue weighted by molar-refractivity contribution is 5.93. The monoisotopic (exact) mass is 569 g/mol. The largest absolute Gasteiger partial charge is 0.454 e. The van der Waals surface area contributed by atoms with Gasteiger partial charge in [-0.3, -0.25) is 9.59 Å². The average Bonchev–Trinajstić information content (AvgIpc) is 3.76. The summed E-state index contributed by atoms with van der Waals surface area (Å²) < 4.78 is 62.2. The van der Waals surface area contributed by atoms with E-state index in [-0.39, 0.29) is 59.0 Å². The zero-order chi connectivity index (χ0) is 29.1. The average molecular weight is 570 g/mol. The fourth-order valence-corrected chi connectivity index (χ4v) is 5.13. The van der Waals surface area contributed by atoms with Crippen molar-refractivity contribution in [3.05, 3.63) is 82.8 Å². The van der Waals surface area contributed by atoms with Crippen LogP contribution in [0.5, 0.6) is 11.5 Å². The summed E-state index contributed by atoms with van der Waals surface area (Å²) in [6, 6.07) is 11.3. The molecule has 1 saturated carbocycles. The molecule has 1 amide bonds. The summed E-state index contributed by atoms with van der Waals surface area (Å²) in [5, 5.41) is 2.70. The van der Waals surface area contributed by atoms with Crippen molar-refractivity contribution in [2.24, 2.45) is 5.92 Å². The molecule has 2 fully saturated rings. The number of anilines is 1. The first-order valence-corrected chi connectivity index (χ1v) is 13.7. The molecule has 0 radical (unpaired) electrons. The summed E-state index contributed by atoms with van der Waals surface area (Å²) in [5.41, 5.74) is 0.259. The summed E-state index contributed by atoms with van der Waals surface area (Å²) >= 11 is 0. The standard InChI is InChI=1S/C31H31F4N3O3/c1-38-12-9-21(10-13-38)25-6-2-19(16-26(25)31(33,34)35)14-23(39)15-20-3-7-28(27(32)17-20)41-24-8-11-36-29(18-24)37-30(40)22-4-5-22/h2-3,6-8,11,16-18,21-22H,4-5,9-10,12-15H2,1H3,(H,36,37,40). The maximum atomic E-state index is 14.8. The molecule has 0 spiro atoms. The number of carbonyl (C=O) groups excluding carboxylic acids is 2. The molecular formula is C31H31F4N3O3. The fourth-order valence-electron chi connectivity index (χ4n) is 5.13. The van der Waals surface area contributed by atoms with E-state index in [0.29, 0.717) is 24.2 Å². The van der Waals surface area contributed by atoms with Gasteiger partial charge in [-0.2, -0.15) is 13.2 Å². The van der Waals surface area contributed by atoms with E-state index in [2.05, 4.69) is 15.2 Å². The second kappa shape index (κ2) is 12.0. The third-order valence-corrected chi connectivity index (χ3v) is 7.54. The Labute approximate surface area is 235 Å². The summed E-state index contributed by atoms with van der Waals surface area (Å²) in [7, 11) is 1.96. The maximum absolute atomic E-state index is 14.8. The number of nitrogens with one attached hydrogen (secondary N) is 1. The lowest BCUT2D eigenvalue weighted by atomic mass is 9.85. The number of alkyl halides is 3. The zero-order valence-electron chi connectivity index (χ0n) is 22.6. The van der Waals surface area contributed by atoms with E-state index in [9.17, 15) is 27.2 Å². The molecule has 2 aromatic carbocycles. The summed E-state index contributed by atoms with van der Waals surface area (Å²) in [4.78, 5) is 30.9. The van der Waals surface area contributed by atoms with Crippen LogP contribution in [0.2, 0.25) is 0 Å². The van der Waals surface area contributed by atoms with Crippen LogP contribution in [0.4, 0.5) is 23.4 Å². The Morgan fingerprint density at radius 3 is 2.32 bits per heavy atom. The number of ketones is 1. The van der Waals surface area contributed by atoms with Gasteiger partial charge in [-0.1, -0.05) is 18.2 Å². The van der Waals surface area contributed by atoms with Crippen molar-refractivity contribution in [2.75, 3.05) is 25.5 Å². The van der Waals surface area contributed by atoms with Gasteiger partial charge in [0.05, 0.1) is 5.56 Å². The Balaban J connectivity index is 1.22. The number of hydrogen-bond donors (Lipinski definition) is 1. The van der Waals surface area contributed by atoms with Crippen LogP contribution in [0.25, 0.3) is 0 Å². The number of benzene rings is 2. The molecule has 2 heterocycles. The van der Waals surface area contributed by atoms with Crippen LogP contribution in [0.15, 0.2) is 54.7 Å². The van der Waals surface area contributed by atoms with E-state index < -0.39 is 17.6 Å². The van der Waals surface area contributed by atoms with Crippen molar-refractivity contribution >= 4 is 17.5 Å². The van der Waals surface area contributed by atoms with Crippen LogP contribution in [-0.4, -0.2) is 41.7 Å². The van der Waals surface area contributed by atoms with Gasteiger partial charge in [0.2, 0.25) is 5.91 Å². The molecule has 216 valence electrons. The first kappa shape index (κ1) is 28.7. The number of piperidine rings is 1. The highest BCUT2D eigenvalue weighted by Gasteiger charge is 2.36. The molecule has 1 aliphatic heterocycles. The number of rotatable bonds is 9. The second-order valence-electron chi connectivity index (χ2n) is 10.9. The number of pyridine rings is 1. The van der Waals surface area contributed by atoms with Crippen molar-refractivity contribution in [1.29, 1.82) is 0 Å². The Bertz CT molecular complexity index is 1430. The van der Waals surface area contributed by atoms with Gasteiger partial charge in [0, 0.05) is 31.0 Å². The van der Waals surface area contributed by atoms with Gasteiger partial charge in [0.15, 0.2) is 11.6 Å². The van der Waals surface area contributed by atoms with Gasteiger partial charge < -0.3 is 15.0 Å². The molecule has 5 rings (SSSR count). The topological polar surface area (TPSA) is 71.5 Å². The van der Waals surface area contributed by atoms with Crippen molar-refractivity contribution < 1.29 is 31.9 Å². The highest BCUT2D eigenvalue weighted by atomic mass is 19.4. The van der Waals surface area contributed by atoms with Gasteiger partial charge in [0.1, 0.15) is 17.4 Å². The lowest BCUT2D eigenvalue weighted by Crippen LogP contribution is -2.30. The second-order valence-corrected chi connectivity index (χ2v) is 10.9. The van der Waals surface area contributed by atoms with Crippen LogP contribution in [0.3, 0.4) is 0 Å². The molecule has 41 heavy (non-hydrogen) atoms. The smallest absolute Gasteiger partial charge is 0.416 e. The summed E-state index contributed by atoms with van der Waals surface area (Å²) in [5.74, 6) is -0.807. The van der Waals surface area contributed by atoms with Gasteiger partial charge in [-0.15, -0.1) is 0 Å².